The Hall–Kier alpha value is -2.28. The van der Waals surface area contributed by atoms with E-state index in [0.717, 1.165) is 0 Å². The summed E-state index contributed by atoms with van der Waals surface area (Å²) >= 11 is 0. The first kappa shape index (κ1) is 10.9. The van der Waals surface area contributed by atoms with E-state index in [2.05, 4.69) is 10.2 Å². The third kappa shape index (κ3) is 1.56. The fraction of sp³-hybridized carbons (Fsp3) is 0.0909. The minimum Gasteiger partial charge on any atom is -0.535 e. The molecule has 0 saturated heterocycles. The van der Waals surface area contributed by atoms with Gasteiger partial charge in [-0.3, -0.25) is 14.7 Å². The lowest BCUT2D eigenvalue weighted by molar-refractivity contribution is -0.0437. The quantitative estimate of drug-likeness (QED) is 0.765. The molecule has 2 aromatic rings. The van der Waals surface area contributed by atoms with Crippen LogP contribution in [0.25, 0.3) is 0 Å². The molecule has 18 heavy (non-hydrogen) atoms. The van der Waals surface area contributed by atoms with E-state index in [1.807, 2.05) is 6.07 Å². The number of carbonyl (C=O) groups is 1. The number of aromatic amines is 1. The topological polar surface area (TPSA) is 67.4 Å². The largest absolute Gasteiger partial charge is 0.566 e. The molecule has 0 radical (unpaired) electrons. The van der Waals surface area contributed by atoms with Crippen LogP contribution < -0.4 is 10.2 Å². The van der Waals surface area contributed by atoms with Crippen molar-refractivity contribution in [2.24, 2.45) is 0 Å². The van der Waals surface area contributed by atoms with Crippen molar-refractivity contribution >= 4 is 18.6 Å². The molecule has 0 atom stereocenters. The second-order valence-corrected chi connectivity index (χ2v) is 3.79. The minimum atomic E-state index is -0.653. The van der Waals surface area contributed by atoms with Crippen LogP contribution in [0.1, 0.15) is 10.4 Å². The van der Waals surface area contributed by atoms with Gasteiger partial charge in [0.15, 0.2) is 0 Å². The monoisotopic (exact) mass is 243 g/mol. The van der Waals surface area contributed by atoms with E-state index in [-0.39, 0.29) is 5.91 Å². The van der Waals surface area contributed by atoms with Crippen molar-refractivity contribution in [3.05, 3.63) is 42.1 Å². The summed E-state index contributed by atoms with van der Waals surface area (Å²) in [4.78, 5) is 18.5. The maximum Gasteiger partial charge on any atom is 0.566 e. The molecule has 90 valence electrons. The lowest BCUT2D eigenvalue weighted by Crippen LogP contribution is -2.57. The van der Waals surface area contributed by atoms with Gasteiger partial charge in [0.2, 0.25) is 0 Å². The Bertz CT molecular complexity index is 573. The molecule has 0 fully saturated rings. The van der Waals surface area contributed by atoms with E-state index in [0.29, 0.717) is 16.9 Å². The number of para-hydroxylation sites is 1. The molecular weight excluding hydrogens is 233 g/mol. The standard InChI is InChI=1S/C11H10BN3O3/c1-17-15-11(16)8-4-2-3-5-9(8)18-12(15)10-6-7-13-14-10/h2-7H,1H3,(H,13,14). The number of carbonyl (C=O) groups excluding carboxylic acids is 1. The van der Waals surface area contributed by atoms with Gasteiger partial charge in [-0.05, 0) is 18.2 Å². The normalized spacial score (nSPS) is 14.4. The molecule has 1 aliphatic rings. The predicted molar refractivity (Wildman–Crippen MR) is 64.2 cm³/mol. The highest BCUT2D eigenvalue weighted by Gasteiger charge is 2.42. The van der Waals surface area contributed by atoms with Crippen LogP contribution in [0.5, 0.6) is 5.75 Å². The number of hydroxylamine groups is 1. The number of H-pyrrole nitrogens is 1. The molecule has 3 rings (SSSR count). The first-order valence-electron chi connectivity index (χ1n) is 5.44. The summed E-state index contributed by atoms with van der Waals surface area (Å²) in [6, 6.07) is 8.79. The minimum absolute atomic E-state index is 0.237. The number of hydrogen-bond acceptors (Lipinski definition) is 4. The molecule has 0 saturated carbocycles. The first-order chi connectivity index (χ1) is 8.81. The van der Waals surface area contributed by atoms with Crippen LogP contribution in [0.2, 0.25) is 0 Å². The highest BCUT2D eigenvalue weighted by Crippen LogP contribution is 2.25. The fourth-order valence-corrected chi connectivity index (χ4v) is 1.91. The van der Waals surface area contributed by atoms with Crippen LogP contribution in [0.3, 0.4) is 0 Å². The van der Waals surface area contributed by atoms with Crippen LogP contribution in [0.4, 0.5) is 0 Å². The Balaban J connectivity index is 2.06. The van der Waals surface area contributed by atoms with E-state index in [4.69, 9.17) is 9.49 Å². The van der Waals surface area contributed by atoms with Gasteiger partial charge in [0.1, 0.15) is 5.75 Å². The van der Waals surface area contributed by atoms with Gasteiger partial charge in [-0.1, -0.05) is 12.1 Å². The number of aromatic nitrogens is 2. The number of benzene rings is 1. The number of amides is 1. The zero-order valence-corrected chi connectivity index (χ0v) is 9.66. The molecule has 0 unspecified atom stereocenters. The van der Waals surface area contributed by atoms with Crippen molar-refractivity contribution in [3.8, 4) is 5.75 Å². The summed E-state index contributed by atoms with van der Waals surface area (Å²) in [6.45, 7) is 0. The molecule has 2 heterocycles. The van der Waals surface area contributed by atoms with Crippen LogP contribution in [0.15, 0.2) is 36.5 Å². The molecule has 1 N–H and O–H groups in total. The molecule has 1 aliphatic heterocycles. The number of rotatable bonds is 2. The summed E-state index contributed by atoms with van der Waals surface area (Å²) in [5.41, 5.74) is 1.13. The maximum absolute atomic E-state index is 12.2. The van der Waals surface area contributed by atoms with Gasteiger partial charge in [-0.2, -0.15) is 5.10 Å². The summed E-state index contributed by atoms with van der Waals surface area (Å²) < 4.78 is 5.76. The van der Waals surface area contributed by atoms with Crippen LogP contribution in [-0.2, 0) is 4.84 Å². The Kier molecular flexibility index (Phi) is 2.53. The number of fused-ring (bicyclic) bond motifs is 1. The van der Waals surface area contributed by atoms with Crippen molar-refractivity contribution in [2.75, 3.05) is 7.11 Å². The second kappa shape index (κ2) is 4.19. The van der Waals surface area contributed by atoms with Crippen molar-refractivity contribution in [2.45, 2.75) is 0 Å². The predicted octanol–water partition coefficient (Wildman–Crippen LogP) is 0.201. The smallest absolute Gasteiger partial charge is 0.535 e. The van der Waals surface area contributed by atoms with Crippen molar-refractivity contribution in [3.63, 3.8) is 0 Å². The molecular formula is C11H10BN3O3. The highest BCUT2D eigenvalue weighted by molar-refractivity contribution is 6.67. The van der Waals surface area contributed by atoms with Crippen LogP contribution in [-0.4, -0.2) is 35.2 Å². The van der Waals surface area contributed by atoms with Gasteiger partial charge < -0.3 is 4.65 Å². The zero-order chi connectivity index (χ0) is 12.5. The average molecular weight is 243 g/mol. The molecule has 1 aromatic carbocycles. The maximum atomic E-state index is 12.2. The molecule has 7 heteroatoms. The van der Waals surface area contributed by atoms with E-state index in [9.17, 15) is 4.79 Å². The summed E-state index contributed by atoms with van der Waals surface area (Å²) in [5, 5.41) is 6.62. The third-order valence-corrected chi connectivity index (χ3v) is 2.75. The molecule has 1 amide bonds. The van der Waals surface area contributed by atoms with E-state index >= 15 is 0 Å². The van der Waals surface area contributed by atoms with Crippen molar-refractivity contribution in [1.29, 1.82) is 0 Å². The zero-order valence-electron chi connectivity index (χ0n) is 9.66. The second-order valence-electron chi connectivity index (χ2n) is 3.79. The van der Waals surface area contributed by atoms with Gasteiger partial charge in [0.05, 0.1) is 18.3 Å². The summed E-state index contributed by atoms with van der Waals surface area (Å²) in [6.07, 6.45) is 1.59. The van der Waals surface area contributed by atoms with Gasteiger partial charge in [-0.15, -0.1) is 0 Å². The number of hydrogen-bond donors (Lipinski definition) is 1. The molecule has 1 aromatic heterocycles. The average Bonchev–Trinajstić information content (AvgIpc) is 2.92. The Morgan fingerprint density at radius 1 is 1.39 bits per heavy atom. The lowest BCUT2D eigenvalue weighted by atomic mass is 9.75. The molecule has 0 bridgehead atoms. The van der Waals surface area contributed by atoms with E-state index < -0.39 is 7.05 Å². The fourth-order valence-electron chi connectivity index (χ4n) is 1.91. The van der Waals surface area contributed by atoms with Crippen molar-refractivity contribution in [1.82, 2.24) is 15.2 Å². The third-order valence-electron chi connectivity index (χ3n) is 2.75. The Labute approximate surface area is 104 Å². The van der Waals surface area contributed by atoms with Gasteiger partial charge in [0.25, 0.3) is 5.91 Å². The summed E-state index contributed by atoms with van der Waals surface area (Å²) in [5.74, 6) is 0.300. The van der Waals surface area contributed by atoms with E-state index in [1.54, 1.807) is 30.5 Å². The summed E-state index contributed by atoms with van der Waals surface area (Å²) in [7, 11) is 0.776. The molecule has 0 aliphatic carbocycles. The van der Waals surface area contributed by atoms with Crippen LogP contribution >= 0.6 is 0 Å². The number of nitrogens with one attached hydrogen (secondary N) is 1. The van der Waals surface area contributed by atoms with Crippen molar-refractivity contribution < 1.29 is 14.3 Å². The molecule has 0 spiro atoms. The highest BCUT2D eigenvalue weighted by atomic mass is 16.7. The molecule has 6 nitrogen and oxygen atoms in total. The Morgan fingerprint density at radius 2 is 2.22 bits per heavy atom. The first-order valence-corrected chi connectivity index (χ1v) is 5.44. The van der Waals surface area contributed by atoms with Gasteiger partial charge in [-0.25, -0.2) is 4.97 Å². The SMILES string of the molecule is CON1B(c2ccn[nH]2)Oc2ccccc2C1=O. The Morgan fingerprint density at radius 3 is 2.94 bits per heavy atom. The van der Waals surface area contributed by atoms with E-state index in [1.165, 1.54) is 12.1 Å². The van der Waals surface area contributed by atoms with Crippen LogP contribution in [0, 0.1) is 0 Å². The number of nitrogens with zero attached hydrogens (tertiary/aromatic N) is 2. The van der Waals surface area contributed by atoms with Gasteiger partial charge >= 0.3 is 7.05 Å². The van der Waals surface area contributed by atoms with Gasteiger partial charge in [0, 0.05) is 6.20 Å². The lowest BCUT2D eigenvalue weighted by Gasteiger charge is -2.31.